The molecule has 0 saturated heterocycles. The van der Waals surface area contributed by atoms with Crippen molar-refractivity contribution >= 4 is 11.3 Å². The van der Waals surface area contributed by atoms with Gasteiger partial charge in [-0.05, 0) is 74.7 Å². The largest absolute Gasteiger partial charge is 0.330 e. The summed E-state index contributed by atoms with van der Waals surface area (Å²) in [6.45, 7) is 0.754. The third-order valence-corrected chi connectivity index (χ3v) is 6.78. The van der Waals surface area contributed by atoms with E-state index in [1.807, 2.05) is 11.3 Å². The summed E-state index contributed by atoms with van der Waals surface area (Å²) in [5.41, 5.74) is 6.17. The molecule has 4 fully saturated rings. The molecule has 2 N–H and O–H groups in total. The summed E-state index contributed by atoms with van der Waals surface area (Å²) in [5, 5.41) is 11.3. The fraction of sp³-hybridized carbons (Fsp3) is 0.875. The summed E-state index contributed by atoms with van der Waals surface area (Å²) >= 11 is 1.84. The van der Waals surface area contributed by atoms with Gasteiger partial charge >= 0.3 is 0 Å². The van der Waals surface area contributed by atoms with E-state index in [1.54, 1.807) is 0 Å². The van der Waals surface area contributed by atoms with Crippen LogP contribution in [0.1, 0.15) is 55.0 Å². The molecule has 1 aromatic heterocycles. The van der Waals surface area contributed by atoms with E-state index in [2.05, 4.69) is 10.2 Å². The molecule has 1 heterocycles. The molecule has 4 heteroatoms. The van der Waals surface area contributed by atoms with Crippen molar-refractivity contribution in [1.82, 2.24) is 10.2 Å². The van der Waals surface area contributed by atoms with Crippen LogP contribution in [0.5, 0.6) is 0 Å². The van der Waals surface area contributed by atoms with Crippen LogP contribution >= 0.6 is 11.3 Å². The summed E-state index contributed by atoms with van der Waals surface area (Å²) in [6.07, 6.45) is 12.2. The first kappa shape index (κ1) is 13.2. The Morgan fingerprint density at radius 1 is 1.00 bits per heavy atom. The molecule has 0 unspecified atom stereocenters. The zero-order chi connectivity index (χ0) is 13.6. The lowest BCUT2D eigenvalue weighted by Crippen LogP contribution is -2.47. The second kappa shape index (κ2) is 5.06. The van der Waals surface area contributed by atoms with Gasteiger partial charge in [0.2, 0.25) is 0 Å². The maximum absolute atomic E-state index is 5.57. The monoisotopic (exact) mass is 291 g/mol. The van der Waals surface area contributed by atoms with Crippen molar-refractivity contribution in [3.63, 3.8) is 0 Å². The lowest BCUT2D eigenvalue weighted by molar-refractivity contribution is -0.0522. The van der Waals surface area contributed by atoms with Gasteiger partial charge in [0.1, 0.15) is 10.0 Å². The number of rotatable bonds is 5. The van der Waals surface area contributed by atoms with Crippen LogP contribution < -0.4 is 5.73 Å². The van der Waals surface area contributed by atoms with Gasteiger partial charge in [-0.3, -0.25) is 0 Å². The van der Waals surface area contributed by atoms with Gasteiger partial charge in [0.15, 0.2) is 0 Å². The van der Waals surface area contributed by atoms with Crippen molar-refractivity contribution in [3.8, 4) is 0 Å². The summed E-state index contributed by atoms with van der Waals surface area (Å²) in [6, 6.07) is 0. The highest BCUT2D eigenvalue weighted by Gasteiger charge is 2.50. The zero-order valence-electron chi connectivity index (χ0n) is 12.2. The van der Waals surface area contributed by atoms with Crippen LogP contribution in [-0.2, 0) is 12.8 Å². The summed E-state index contributed by atoms with van der Waals surface area (Å²) in [7, 11) is 0. The second-order valence-electron chi connectivity index (χ2n) is 7.58. The van der Waals surface area contributed by atoms with E-state index in [9.17, 15) is 0 Å². The van der Waals surface area contributed by atoms with Crippen LogP contribution in [0.4, 0.5) is 0 Å². The van der Waals surface area contributed by atoms with Crippen LogP contribution in [0.15, 0.2) is 0 Å². The molecular formula is C16H25N3S. The first-order valence-corrected chi connectivity index (χ1v) is 9.08. The molecule has 110 valence electrons. The average Bonchev–Trinajstić information content (AvgIpc) is 2.81. The molecule has 4 aliphatic carbocycles. The molecule has 3 nitrogen and oxygen atoms in total. The van der Waals surface area contributed by atoms with E-state index in [0.717, 1.165) is 37.1 Å². The van der Waals surface area contributed by atoms with Gasteiger partial charge in [0, 0.05) is 12.8 Å². The minimum Gasteiger partial charge on any atom is -0.330 e. The van der Waals surface area contributed by atoms with E-state index in [-0.39, 0.29) is 0 Å². The Hall–Kier alpha value is -0.480. The number of aromatic nitrogens is 2. The quantitative estimate of drug-likeness (QED) is 0.906. The highest BCUT2D eigenvalue weighted by Crippen LogP contribution is 2.61. The molecule has 4 saturated carbocycles. The lowest BCUT2D eigenvalue weighted by atomic mass is 9.49. The van der Waals surface area contributed by atoms with Crippen molar-refractivity contribution < 1.29 is 0 Å². The van der Waals surface area contributed by atoms with Crippen molar-refractivity contribution in [2.24, 2.45) is 28.9 Å². The van der Waals surface area contributed by atoms with Gasteiger partial charge < -0.3 is 5.73 Å². The average molecular weight is 291 g/mol. The van der Waals surface area contributed by atoms with Crippen LogP contribution in [0.2, 0.25) is 0 Å². The molecule has 1 aromatic rings. The Kier molecular flexibility index (Phi) is 3.34. The normalized spacial score (nSPS) is 38.5. The van der Waals surface area contributed by atoms with Crippen LogP contribution in [0.25, 0.3) is 0 Å². The number of nitrogens with zero attached hydrogens (tertiary/aromatic N) is 2. The van der Waals surface area contributed by atoms with Crippen LogP contribution in [-0.4, -0.2) is 16.7 Å². The van der Waals surface area contributed by atoms with Gasteiger partial charge in [-0.1, -0.05) is 0 Å². The summed E-state index contributed by atoms with van der Waals surface area (Å²) in [5.74, 6) is 3.10. The molecular weight excluding hydrogens is 266 g/mol. The lowest BCUT2D eigenvalue weighted by Gasteiger charge is -2.56. The molecule has 4 aliphatic rings. The molecule has 0 amide bonds. The molecule has 0 radical (unpaired) electrons. The Morgan fingerprint density at radius 3 is 2.20 bits per heavy atom. The Morgan fingerprint density at radius 2 is 1.60 bits per heavy atom. The van der Waals surface area contributed by atoms with Crippen molar-refractivity contribution in [2.45, 2.75) is 57.8 Å². The fourth-order valence-corrected chi connectivity index (χ4v) is 6.60. The van der Waals surface area contributed by atoms with Gasteiger partial charge in [0.05, 0.1) is 0 Å². The Labute approximate surface area is 125 Å². The van der Waals surface area contributed by atoms with Gasteiger partial charge in [0.25, 0.3) is 0 Å². The highest BCUT2D eigenvalue weighted by atomic mass is 32.1. The number of nitrogens with two attached hydrogens (primary N) is 1. The van der Waals surface area contributed by atoms with Gasteiger partial charge in [-0.2, -0.15) is 0 Å². The number of hydrogen-bond acceptors (Lipinski definition) is 4. The molecule has 20 heavy (non-hydrogen) atoms. The first-order chi connectivity index (χ1) is 9.75. The minimum absolute atomic E-state index is 0.597. The second-order valence-corrected chi connectivity index (χ2v) is 8.72. The highest BCUT2D eigenvalue weighted by molar-refractivity contribution is 7.11. The van der Waals surface area contributed by atoms with Gasteiger partial charge in [-0.25, -0.2) is 0 Å². The smallest absolute Gasteiger partial charge is 0.118 e. The molecule has 0 spiro atoms. The topological polar surface area (TPSA) is 51.8 Å². The molecule has 0 atom stereocenters. The van der Waals surface area contributed by atoms with Crippen molar-refractivity contribution in [1.29, 1.82) is 0 Å². The third kappa shape index (κ3) is 2.41. The molecule has 0 aliphatic heterocycles. The summed E-state index contributed by atoms with van der Waals surface area (Å²) in [4.78, 5) is 0. The summed E-state index contributed by atoms with van der Waals surface area (Å²) < 4.78 is 0. The van der Waals surface area contributed by atoms with Crippen molar-refractivity contribution in [2.75, 3.05) is 6.54 Å². The number of hydrogen-bond donors (Lipinski definition) is 1. The van der Waals surface area contributed by atoms with Crippen LogP contribution in [0.3, 0.4) is 0 Å². The van der Waals surface area contributed by atoms with E-state index in [4.69, 9.17) is 5.73 Å². The predicted molar refractivity (Wildman–Crippen MR) is 81.6 cm³/mol. The Balaban J connectivity index is 1.47. The standard InChI is InChI=1S/C16H25N3S/c17-3-1-2-14-18-19-15(20-14)10-16-7-11-4-12(8-16)6-13(5-11)9-16/h11-13H,1-10,17H2. The van der Waals surface area contributed by atoms with Crippen LogP contribution in [0, 0.1) is 23.2 Å². The Bertz CT molecular complexity index is 447. The van der Waals surface area contributed by atoms with Gasteiger partial charge in [-0.15, -0.1) is 21.5 Å². The molecule has 4 bridgehead atoms. The van der Waals surface area contributed by atoms with E-state index in [0.29, 0.717) is 5.41 Å². The van der Waals surface area contributed by atoms with E-state index >= 15 is 0 Å². The first-order valence-electron chi connectivity index (χ1n) is 8.26. The van der Waals surface area contributed by atoms with Crippen molar-refractivity contribution in [3.05, 3.63) is 10.0 Å². The minimum atomic E-state index is 0.597. The van der Waals surface area contributed by atoms with E-state index < -0.39 is 0 Å². The van der Waals surface area contributed by atoms with E-state index in [1.165, 1.54) is 55.0 Å². The fourth-order valence-electron chi connectivity index (χ4n) is 5.54. The maximum Gasteiger partial charge on any atom is 0.118 e. The maximum atomic E-state index is 5.57. The SMILES string of the molecule is NCCCc1nnc(CC23CC4CC(CC(C4)C2)C3)s1. The third-order valence-electron chi connectivity index (χ3n) is 5.79. The predicted octanol–water partition coefficient (Wildman–Crippen LogP) is 3.19. The zero-order valence-corrected chi connectivity index (χ0v) is 13.0. The number of aryl methyl sites for hydroxylation is 1. The molecule has 5 rings (SSSR count). The molecule has 0 aromatic carbocycles.